The molecule has 1 N–H and O–H groups in total. The van der Waals surface area contributed by atoms with Crippen LogP contribution in [0, 0.1) is 29.0 Å². The van der Waals surface area contributed by atoms with Crippen LogP contribution in [0.2, 0.25) is 0 Å². The monoisotopic (exact) mass is 288 g/mol. The van der Waals surface area contributed by atoms with Gasteiger partial charge in [0.15, 0.2) is 5.82 Å². The maximum absolute atomic E-state index is 13.7. The van der Waals surface area contributed by atoms with Gasteiger partial charge in [0.1, 0.15) is 11.7 Å². The molecule has 0 radical (unpaired) electrons. The van der Waals surface area contributed by atoms with Gasteiger partial charge in [-0.2, -0.15) is 5.26 Å². The topological polar surface area (TPSA) is 62.1 Å². The van der Waals surface area contributed by atoms with Gasteiger partial charge in [-0.1, -0.05) is 17.9 Å². The van der Waals surface area contributed by atoms with Crippen molar-refractivity contribution in [3.63, 3.8) is 0 Å². The third-order valence-corrected chi connectivity index (χ3v) is 2.26. The zero-order chi connectivity index (χ0) is 15.9. The van der Waals surface area contributed by atoms with Crippen LogP contribution in [-0.2, 0) is 4.74 Å². The van der Waals surface area contributed by atoms with Crippen LogP contribution < -0.4 is 5.32 Å². The van der Waals surface area contributed by atoms with E-state index in [9.17, 15) is 9.18 Å². The number of carbonyl (C=O) groups excluding carboxylic acids is 1. The first-order valence-corrected chi connectivity index (χ1v) is 6.48. The molecule has 0 aromatic heterocycles. The van der Waals surface area contributed by atoms with Crippen LogP contribution in [0.3, 0.4) is 0 Å². The number of nitrogens with zero attached hydrogens (tertiary/aromatic N) is 1. The molecular weight excluding hydrogens is 271 g/mol. The molecule has 0 aliphatic rings. The van der Waals surface area contributed by atoms with Crippen LogP contribution in [-0.4, -0.2) is 18.2 Å². The second-order valence-electron chi connectivity index (χ2n) is 5.26. The van der Waals surface area contributed by atoms with E-state index in [0.29, 0.717) is 13.0 Å². The lowest BCUT2D eigenvalue weighted by atomic mass is 10.1. The van der Waals surface area contributed by atoms with Crippen molar-refractivity contribution in [1.29, 1.82) is 5.26 Å². The summed E-state index contributed by atoms with van der Waals surface area (Å²) in [5.74, 6) is 4.77. The maximum atomic E-state index is 13.7. The minimum Gasteiger partial charge on any atom is -0.444 e. The molecule has 110 valence electrons. The molecule has 0 bridgehead atoms. The van der Waals surface area contributed by atoms with Gasteiger partial charge < -0.3 is 10.1 Å². The molecule has 0 saturated carbocycles. The summed E-state index contributed by atoms with van der Waals surface area (Å²) in [4.78, 5) is 11.4. The molecular formula is C16H17FN2O2. The molecule has 0 spiro atoms. The van der Waals surface area contributed by atoms with Crippen LogP contribution in [0.5, 0.6) is 0 Å². The number of hydrogen-bond donors (Lipinski definition) is 1. The molecule has 0 heterocycles. The average molecular weight is 288 g/mol. The van der Waals surface area contributed by atoms with Gasteiger partial charge in [-0.15, -0.1) is 0 Å². The van der Waals surface area contributed by atoms with Crippen molar-refractivity contribution >= 4 is 6.09 Å². The van der Waals surface area contributed by atoms with Crippen molar-refractivity contribution in [2.45, 2.75) is 32.8 Å². The molecule has 0 atom stereocenters. The van der Waals surface area contributed by atoms with Gasteiger partial charge in [0.25, 0.3) is 0 Å². The van der Waals surface area contributed by atoms with Crippen LogP contribution in [0.1, 0.15) is 38.3 Å². The highest BCUT2D eigenvalue weighted by Gasteiger charge is 2.15. The van der Waals surface area contributed by atoms with E-state index < -0.39 is 17.5 Å². The Hall–Kier alpha value is -2.53. The maximum Gasteiger partial charge on any atom is 0.407 e. The SMILES string of the molecule is CC(C)(C)OC(=O)NCCC#Cc1cccc(C#N)c1F. The summed E-state index contributed by atoms with van der Waals surface area (Å²) in [6, 6.07) is 6.23. The minimum atomic E-state index is -0.618. The molecule has 1 rings (SSSR count). The van der Waals surface area contributed by atoms with E-state index in [1.165, 1.54) is 12.1 Å². The van der Waals surface area contributed by atoms with E-state index in [4.69, 9.17) is 10.00 Å². The summed E-state index contributed by atoms with van der Waals surface area (Å²) in [7, 11) is 0. The Bertz CT molecular complexity index is 616. The Labute approximate surface area is 123 Å². The first-order chi connectivity index (χ1) is 9.83. The zero-order valence-electron chi connectivity index (χ0n) is 12.3. The van der Waals surface area contributed by atoms with E-state index >= 15 is 0 Å². The molecule has 0 fully saturated rings. The largest absolute Gasteiger partial charge is 0.444 e. The Morgan fingerprint density at radius 2 is 2.05 bits per heavy atom. The van der Waals surface area contributed by atoms with Gasteiger partial charge in [0.2, 0.25) is 0 Å². The predicted octanol–water partition coefficient (Wildman–Crippen LogP) is 2.96. The summed E-state index contributed by atoms with van der Waals surface area (Å²) in [6.07, 6.45) is -0.155. The molecule has 5 heteroatoms. The Morgan fingerprint density at radius 3 is 2.67 bits per heavy atom. The fourth-order valence-corrected chi connectivity index (χ4v) is 1.41. The molecule has 1 aromatic rings. The highest BCUT2D eigenvalue weighted by molar-refractivity contribution is 5.67. The Morgan fingerprint density at radius 1 is 1.38 bits per heavy atom. The smallest absolute Gasteiger partial charge is 0.407 e. The molecule has 0 unspecified atom stereocenters. The number of alkyl carbamates (subject to hydrolysis) is 1. The normalized spacial score (nSPS) is 10.0. The number of halogens is 1. The summed E-state index contributed by atoms with van der Waals surface area (Å²) in [6.45, 7) is 5.63. The quantitative estimate of drug-likeness (QED) is 0.672. The third-order valence-electron chi connectivity index (χ3n) is 2.26. The van der Waals surface area contributed by atoms with Gasteiger partial charge in [-0.05, 0) is 32.9 Å². The van der Waals surface area contributed by atoms with E-state index in [1.807, 2.05) is 0 Å². The number of hydrogen-bond acceptors (Lipinski definition) is 3. The van der Waals surface area contributed by atoms with Crippen LogP contribution in [0.25, 0.3) is 0 Å². The summed E-state index contributed by atoms with van der Waals surface area (Å²) < 4.78 is 18.7. The standard InChI is InChI=1S/C16H17FN2O2/c1-16(2,3)21-15(20)19-10-5-4-7-12-8-6-9-13(11-18)14(12)17/h6,8-9H,5,10H2,1-3H3,(H,19,20). The molecule has 0 aliphatic carbocycles. The van der Waals surface area contributed by atoms with Crippen molar-refractivity contribution in [3.8, 4) is 17.9 Å². The van der Waals surface area contributed by atoms with Gasteiger partial charge >= 0.3 is 6.09 Å². The molecule has 0 saturated heterocycles. The zero-order valence-corrected chi connectivity index (χ0v) is 12.3. The summed E-state index contributed by atoms with van der Waals surface area (Å²) in [5.41, 5.74) is -0.406. The van der Waals surface area contributed by atoms with E-state index in [1.54, 1.807) is 32.9 Å². The number of benzene rings is 1. The molecule has 0 aliphatic heterocycles. The van der Waals surface area contributed by atoms with Crippen molar-refractivity contribution in [3.05, 3.63) is 35.1 Å². The number of amides is 1. The molecule has 21 heavy (non-hydrogen) atoms. The van der Waals surface area contributed by atoms with Crippen molar-refractivity contribution in [1.82, 2.24) is 5.32 Å². The van der Waals surface area contributed by atoms with Crippen molar-refractivity contribution in [2.75, 3.05) is 6.54 Å². The summed E-state index contributed by atoms with van der Waals surface area (Å²) in [5, 5.41) is 11.3. The number of rotatable bonds is 2. The Balaban J connectivity index is 2.48. The highest BCUT2D eigenvalue weighted by atomic mass is 19.1. The molecule has 1 amide bonds. The first kappa shape index (κ1) is 16.5. The average Bonchev–Trinajstić information content (AvgIpc) is 2.38. The second kappa shape index (κ2) is 7.31. The lowest BCUT2D eigenvalue weighted by Gasteiger charge is -2.19. The van der Waals surface area contributed by atoms with Crippen LogP contribution in [0.4, 0.5) is 9.18 Å². The van der Waals surface area contributed by atoms with Gasteiger partial charge in [0, 0.05) is 13.0 Å². The predicted molar refractivity (Wildman–Crippen MR) is 76.8 cm³/mol. The van der Waals surface area contributed by atoms with Crippen LogP contribution in [0.15, 0.2) is 18.2 Å². The van der Waals surface area contributed by atoms with Gasteiger partial charge in [-0.25, -0.2) is 9.18 Å². The van der Waals surface area contributed by atoms with E-state index in [2.05, 4.69) is 17.2 Å². The first-order valence-electron chi connectivity index (χ1n) is 6.48. The third kappa shape index (κ3) is 5.97. The summed E-state index contributed by atoms with van der Waals surface area (Å²) >= 11 is 0. The number of carbonyl (C=O) groups is 1. The lowest BCUT2D eigenvalue weighted by Crippen LogP contribution is -2.32. The van der Waals surface area contributed by atoms with Crippen molar-refractivity contribution < 1.29 is 13.9 Å². The van der Waals surface area contributed by atoms with Gasteiger partial charge in [-0.3, -0.25) is 0 Å². The lowest BCUT2D eigenvalue weighted by molar-refractivity contribution is 0.0529. The number of nitriles is 1. The molecule has 1 aromatic carbocycles. The molecule has 4 nitrogen and oxygen atoms in total. The van der Waals surface area contributed by atoms with Gasteiger partial charge in [0.05, 0.1) is 11.1 Å². The fourth-order valence-electron chi connectivity index (χ4n) is 1.41. The number of nitrogens with one attached hydrogen (secondary N) is 1. The minimum absolute atomic E-state index is 0.0336. The Kier molecular flexibility index (Phi) is 5.75. The van der Waals surface area contributed by atoms with Crippen LogP contribution >= 0.6 is 0 Å². The van der Waals surface area contributed by atoms with E-state index in [0.717, 1.165) is 0 Å². The number of ether oxygens (including phenoxy) is 1. The van der Waals surface area contributed by atoms with Crippen molar-refractivity contribution in [2.24, 2.45) is 0 Å². The van der Waals surface area contributed by atoms with E-state index in [-0.39, 0.29) is 11.1 Å². The second-order valence-corrected chi connectivity index (χ2v) is 5.26. The fraction of sp³-hybridized carbons (Fsp3) is 0.375. The highest BCUT2D eigenvalue weighted by Crippen LogP contribution is 2.10.